The molecule has 0 aromatic carbocycles. The van der Waals surface area contributed by atoms with E-state index in [9.17, 15) is 0 Å². The molecule has 0 N–H and O–H groups in total. The van der Waals surface area contributed by atoms with Crippen molar-refractivity contribution in [3.05, 3.63) is 24.3 Å². The van der Waals surface area contributed by atoms with Gasteiger partial charge in [-0.05, 0) is 24.0 Å². The van der Waals surface area contributed by atoms with Crippen LogP contribution in [0.3, 0.4) is 0 Å². The SMILES string of the molecule is C=C1C(=C)[C@H]2CC[C@@H]1O2. The molecule has 2 rings (SSSR count). The molecule has 1 heteroatoms. The summed E-state index contributed by atoms with van der Waals surface area (Å²) in [7, 11) is 0. The summed E-state index contributed by atoms with van der Waals surface area (Å²) in [5.41, 5.74) is 2.26. The van der Waals surface area contributed by atoms with Gasteiger partial charge in [-0.1, -0.05) is 13.2 Å². The van der Waals surface area contributed by atoms with Crippen molar-refractivity contribution in [1.82, 2.24) is 0 Å². The molecule has 0 radical (unpaired) electrons. The van der Waals surface area contributed by atoms with E-state index in [1.165, 1.54) is 0 Å². The summed E-state index contributed by atoms with van der Waals surface area (Å²) in [6.07, 6.45) is 2.95. The molecule has 2 fully saturated rings. The lowest BCUT2D eigenvalue weighted by molar-refractivity contribution is 0.123. The predicted octanol–water partition coefficient (Wildman–Crippen LogP) is 1.66. The standard InChI is InChI=1S/C8H10O/c1-5-6(2)8-4-3-7(5)9-8/h7-8H,1-4H2/t7-,8+. The van der Waals surface area contributed by atoms with E-state index in [4.69, 9.17) is 4.74 Å². The molecule has 2 aliphatic heterocycles. The van der Waals surface area contributed by atoms with Gasteiger partial charge in [-0.15, -0.1) is 0 Å². The van der Waals surface area contributed by atoms with Gasteiger partial charge in [0.25, 0.3) is 0 Å². The first-order chi connectivity index (χ1) is 4.29. The number of hydrogen-bond acceptors (Lipinski definition) is 1. The highest BCUT2D eigenvalue weighted by molar-refractivity contribution is 5.39. The van der Waals surface area contributed by atoms with E-state index in [1.807, 2.05) is 0 Å². The second kappa shape index (κ2) is 1.48. The van der Waals surface area contributed by atoms with Gasteiger partial charge >= 0.3 is 0 Å². The molecule has 2 aliphatic rings. The van der Waals surface area contributed by atoms with E-state index >= 15 is 0 Å². The second-order valence-electron chi connectivity index (χ2n) is 2.74. The van der Waals surface area contributed by atoms with Crippen molar-refractivity contribution >= 4 is 0 Å². The first-order valence-electron chi connectivity index (χ1n) is 3.32. The summed E-state index contributed by atoms with van der Waals surface area (Å²) in [5, 5.41) is 0. The maximum absolute atomic E-state index is 5.50. The summed E-state index contributed by atoms with van der Waals surface area (Å²) < 4.78 is 5.50. The Hall–Kier alpha value is -0.560. The Morgan fingerprint density at radius 3 is 1.78 bits per heavy atom. The fraction of sp³-hybridized carbons (Fsp3) is 0.500. The first-order valence-corrected chi connectivity index (χ1v) is 3.32. The van der Waals surface area contributed by atoms with Gasteiger partial charge in [-0.3, -0.25) is 0 Å². The quantitative estimate of drug-likeness (QED) is 0.474. The minimum absolute atomic E-state index is 0.322. The largest absolute Gasteiger partial charge is 0.366 e. The highest BCUT2D eigenvalue weighted by atomic mass is 16.5. The summed E-state index contributed by atoms with van der Waals surface area (Å²) in [4.78, 5) is 0. The monoisotopic (exact) mass is 122 g/mol. The average molecular weight is 122 g/mol. The normalized spacial score (nSPS) is 40.4. The average Bonchev–Trinajstić information content (AvgIpc) is 2.37. The molecule has 0 aliphatic carbocycles. The lowest BCUT2D eigenvalue weighted by Crippen LogP contribution is -2.05. The number of ether oxygens (including phenoxy) is 1. The molecule has 1 nitrogen and oxygen atoms in total. The third kappa shape index (κ3) is 0.527. The number of rotatable bonds is 0. The van der Waals surface area contributed by atoms with Crippen molar-refractivity contribution < 1.29 is 4.74 Å². The van der Waals surface area contributed by atoms with Crippen molar-refractivity contribution in [2.45, 2.75) is 25.0 Å². The van der Waals surface area contributed by atoms with Gasteiger partial charge in [0.2, 0.25) is 0 Å². The van der Waals surface area contributed by atoms with Crippen LogP contribution >= 0.6 is 0 Å². The van der Waals surface area contributed by atoms with Gasteiger partial charge < -0.3 is 4.74 Å². The van der Waals surface area contributed by atoms with Crippen LogP contribution in [0.4, 0.5) is 0 Å². The van der Waals surface area contributed by atoms with Crippen LogP contribution in [0.1, 0.15) is 12.8 Å². The summed E-state index contributed by atoms with van der Waals surface area (Å²) in [6, 6.07) is 0. The molecule has 2 saturated heterocycles. The zero-order valence-corrected chi connectivity index (χ0v) is 5.39. The minimum atomic E-state index is 0.322. The van der Waals surface area contributed by atoms with Gasteiger partial charge in [0, 0.05) is 0 Å². The minimum Gasteiger partial charge on any atom is -0.366 e. The van der Waals surface area contributed by atoms with Crippen LogP contribution in [0.5, 0.6) is 0 Å². The second-order valence-corrected chi connectivity index (χ2v) is 2.74. The van der Waals surface area contributed by atoms with Gasteiger partial charge in [-0.25, -0.2) is 0 Å². The molecule has 9 heavy (non-hydrogen) atoms. The van der Waals surface area contributed by atoms with Crippen molar-refractivity contribution in [2.75, 3.05) is 0 Å². The van der Waals surface area contributed by atoms with Crippen LogP contribution in [-0.4, -0.2) is 12.2 Å². The van der Waals surface area contributed by atoms with Gasteiger partial charge in [0.1, 0.15) is 0 Å². The lowest BCUT2D eigenvalue weighted by Gasteiger charge is -2.08. The molecule has 0 amide bonds. The van der Waals surface area contributed by atoms with Crippen molar-refractivity contribution in [3.8, 4) is 0 Å². The first kappa shape index (κ1) is 5.24. The molecule has 48 valence electrons. The molecule has 0 aromatic heterocycles. The zero-order chi connectivity index (χ0) is 6.43. The number of fused-ring (bicyclic) bond motifs is 2. The predicted molar refractivity (Wildman–Crippen MR) is 36.2 cm³/mol. The third-order valence-corrected chi connectivity index (χ3v) is 2.21. The fourth-order valence-corrected chi connectivity index (χ4v) is 1.56. The molecule has 2 heterocycles. The van der Waals surface area contributed by atoms with Crippen LogP contribution in [0, 0.1) is 0 Å². The zero-order valence-electron chi connectivity index (χ0n) is 5.39. The Morgan fingerprint density at radius 1 is 1.11 bits per heavy atom. The molecule has 0 saturated carbocycles. The van der Waals surface area contributed by atoms with Gasteiger partial charge in [-0.2, -0.15) is 0 Å². The van der Waals surface area contributed by atoms with E-state index in [0.29, 0.717) is 12.2 Å². The van der Waals surface area contributed by atoms with E-state index in [1.54, 1.807) is 0 Å². The third-order valence-electron chi connectivity index (χ3n) is 2.21. The smallest absolute Gasteiger partial charge is 0.0832 e. The van der Waals surface area contributed by atoms with E-state index in [-0.39, 0.29) is 0 Å². The van der Waals surface area contributed by atoms with Crippen LogP contribution in [0.15, 0.2) is 24.3 Å². The Bertz CT molecular complexity index is 161. The lowest BCUT2D eigenvalue weighted by atomic mass is 9.92. The Kier molecular flexibility index (Phi) is 0.862. The maximum atomic E-state index is 5.50. The van der Waals surface area contributed by atoms with Gasteiger partial charge in [0.15, 0.2) is 0 Å². The molecule has 0 aromatic rings. The van der Waals surface area contributed by atoms with Crippen LogP contribution in [0.2, 0.25) is 0 Å². The van der Waals surface area contributed by atoms with Crippen molar-refractivity contribution in [2.24, 2.45) is 0 Å². The van der Waals surface area contributed by atoms with Crippen LogP contribution < -0.4 is 0 Å². The summed E-state index contributed by atoms with van der Waals surface area (Å²) >= 11 is 0. The van der Waals surface area contributed by atoms with E-state index in [0.717, 1.165) is 24.0 Å². The fourth-order valence-electron chi connectivity index (χ4n) is 1.56. The van der Waals surface area contributed by atoms with Crippen LogP contribution in [0.25, 0.3) is 0 Å². The maximum Gasteiger partial charge on any atom is 0.0832 e. The van der Waals surface area contributed by atoms with Crippen molar-refractivity contribution in [1.29, 1.82) is 0 Å². The Morgan fingerprint density at radius 2 is 1.56 bits per heavy atom. The van der Waals surface area contributed by atoms with Gasteiger partial charge in [0.05, 0.1) is 12.2 Å². The Labute approximate surface area is 55.0 Å². The van der Waals surface area contributed by atoms with E-state index < -0.39 is 0 Å². The highest BCUT2D eigenvalue weighted by Crippen LogP contribution is 2.40. The molecular weight excluding hydrogens is 112 g/mol. The topological polar surface area (TPSA) is 9.23 Å². The number of hydrogen-bond donors (Lipinski definition) is 0. The van der Waals surface area contributed by atoms with Crippen molar-refractivity contribution in [3.63, 3.8) is 0 Å². The molecule has 0 unspecified atom stereocenters. The molecule has 2 atom stereocenters. The molecule has 2 bridgehead atoms. The van der Waals surface area contributed by atoms with E-state index in [2.05, 4.69) is 13.2 Å². The Balaban J connectivity index is 2.35. The summed E-state index contributed by atoms with van der Waals surface area (Å²) in [6.45, 7) is 7.79. The van der Waals surface area contributed by atoms with Crippen LogP contribution in [-0.2, 0) is 4.74 Å². The molecule has 0 spiro atoms. The highest BCUT2D eigenvalue weighted by Gasteiger charge is 2.38. The summed E-state index contributed by atoms with van der Waals surface area (Å²) in [5.74, 6) is 0. The molecular formula is C8H10O.